The van der Waals surface area contributed by atoms with Gasteiger partial charge in [0.15, 0.2) is 5.78 Å². The molecule has 1 N–H and O–H groups in total. The Morgan fingerprint density at radius 3 is 2.40 bits per heavy atom. The van der Waals surface area contributed by atoms with Crippen molar-refractivity contribution >= 4 is 11.7 Å². The van der Waals surface area contributed by atoms with Crippen molar-refractivity contribution in [3.05, 3.63) is 0 Å². The Hall–Kier alpha value is -0.860. The predicted octanol–water partition coefficient (Wildman–Crippen LogP) is 0.492. The third kappa shape index (κ3) is 5.28. The Balaban J connectivity index is 3.30. The fraction of sp³-hybridized carbons (Fsp3) is 0.714. The van der Waals surface area contributed by atoms with Crippen molar-refractivity contribution in [3.8, 4) is 0 Å². The largest absolute Gasteiger partial charge is 0.349 e. The van der Waals surface area contributed by atoms with Crippen LogP contribution in [0.3, 0.4) is 0 Å². The summed E-state index contributed by atoms with van der Waals surface area (Å²) in [5.74, 6) is -0.0536. The van der Waals surface area contributed by atoms with Crippen LogP contribution in [0.1, 0.15) is 26.7 Å². The number of nitrogens with one attached hydrogen (secondary N) is 1. The lowest BCUT2D eigenvalue weighted by atomic mass is 10.2. The molecule has 0 spiro atoms. The predicted molar refractivity (Wildman–Crippen MR) is 38.6 cm³/mol. The highest BCUT2D eigenvalue weighted by molar-refractivity contribution is 5.85. The quantitative estimate of drug-likeness (QED) is 0.622. The molecular formula is C7H13NO2. The SMILES string of the molecule is CCCC(=O)CNC(C)=O. The van der Waals surface area contributed by atoms with E-state index < -0.39 is 0 Å². The number of carbonyl (C=O) groups is 2. The first-order valence-electron chi connectivity index (χ1n) is 3.43. The van der Waals surface area contributed by atoms with Crippen LogP contribution in [0.2, 0.25) is 0 Å². The highest BCUT2D eigenvalue weighted by Crippen LogP contribution is 1.86. The first kappa shape index (κ1) is 9.14. The average Bonchev–Trinajstić information content (AvgIpc) is 1.85. The molecule has 10 heavy (non-hydrogen) atoms. The molecule has 0 aliphatic rings. The topological polar surface area (TPSA) is 46.2 Å². The number of ketones is 1. The van der Waals surface area contributed by atoms with Gasteiger partial charge in [0.1, 0.15) is 0 Å². The molecule has 0 saturated heterocycles. The summed E-state index contributed by atoms with van der Waals surface area (Å²) in [6.45, 7) is 3.52. The summed E-state index contributed by atoms with van der Waals surface area (Å²) in [7, 11) is 0. The molecule has 0 aromatic carbocycles. The molecule has 0 unspecified atom stereocenters. The van der Waals surface area contributed by atoms with E-state index in [9.17, 15) is 9.59 Å². The van der Waals surface area contributed by atoms with Crippen LogP contribution in [0.15, 0.2) is 0 Å². The minimum Gasteiger partial charge on any atom is -0.349 e. The fourth-order valence-corrected chi connectivity index (χ4v) is 0.590. The zero-order chi connectivity index (χ0) is 7.98. The molecule has 0 aromatic heterocycles. The smallest absolute Gasteiger partial charge is 0.217 e. The van der Waals surface area contributed by atoms with Crippen molar-refractivity contribution in [2.75, 3.05) is 6.54 Å². The Kier molecular flexibility index (Phi) is 4.54. The van der Waals surface area contributed by atoms with Gasteiger partial charge < -0.3 is 5.32 Å². The summed E-state index contributed by atoms with van der Waals surface area (Å²) in [5.41, 5.74) is 0. The van der Waals surface area contributed by atoms with Crippen LogP contribution in [-0.4, -0.2) is 18.2 Å². The number of rotatable bonds is 4. The second-order valence-electron chi connectivity index (χ2n) is 2.20. The normalized spacial score (nSPS) is 9.00. The van der Waals surface area contributed by atoms with E-state index in [2.05, 4.69) is 5.32 Å². The van der Waals surface area contributed by atoms with Gasteiger partial charge in [-0.1, -0.05) is 6.92 Å². The monoisotopic (exact) mass is 143 g/mol. The molecule has 0 aliphatic carbocycles. The van der Waals surface area contributed by atoms with Gasteiger partial charge in [0.2, 0.25) is 5.91 Å². The Bertz CT molecular complexity index is 132. The Morgan fingerprint density at radius 2 is 2.00 bits per heavy atom. The molecule has 0 saturated carbocycles. The second-order valence-corrected chi connectivity index (χ2v) is 2.20. The number of Topliss-reactive ketones (excluding diaryl/α,β-unsaturated/α-hetero) is 1. The molecule has 0 aliphatic heterocycles. The maximum Gasteiger partial charge on any atom is 0.217 e. The van der Waals surface area contributed by atoms with Crippen LogP contribution in [0, 0.1) is 0 Å². The van der Waals surface area contributed by atoms with Crippen LogP contribution in [0.5, 0.6) is 0 Å². The van der Waals surface area contributed by atoms with E-state index in [-0.39, 0.29) is 18.2 Å². The van der Waals surface area contributed by atoms with E-state index >= 15 is 0 Å². The maximum absolute atomic E-state index is 10.7. The highest BCUT2D eigenvalue weighted by atomic mass is 16.2. The van der Waals surface area contributed by atoms with Gasteiger partial charge >= 0.3 is 0 Å². The Morgan fingerprint density at radius 1 is 1.40 bits per heavy atom. The number of amides is 1. The average molecular weight is 143 g/mol. The molecule has 3 heteroatoms. The van der Waals surface area contributed by atoms with E-state index in [1.54, 1.807) is 0 Å². The molecule has 0 aromatic rings. The van der Waals surface area contributed by atoms with Gasteiger partial charge in [0.25, 0.3) is 0 Å². The molecule has 0 rings (SSSR count). The summed E-state index contributed by atoms with van der Waals surface area (Å²) in [6.07, 6.45) is 1.40. The molecule has 0 atom stereocenters. The van der Waals surface area contributed by atoms with Crippen molar-refractivity contribution in [3.63, 3.8) is 0 Å². The van der Waals surface area contributed by atoms with E-state index in [1.807, 2.05) is 6.92 Å². The minimum absolute atomic E-state index is 0.0951. The zero-order valence-electron chi connectivity index (χ0n) is 6.44. The van der Waals surface area contributed by atoms with E-state index in [0.29, 0.717) is 6.42 Å². The summed E-state index contributed by atoms with van der Waals surface area (Å²) in [6, 6.07) is 0. The molecule has 58 valence electrons. The van der Waals surface area contributed by atoms with Gasteiger partial charge in [0.05, 0.1) is 6.54 Å². The lowest BCUT2D eigenvalue weighted by molar-refractivity contribution is -0.123. The van der Waals surface area contributed by atoms with Crippen LogP contribution in [-0.2, 0) is 9.59 Å². The van der Waals surface area contributed by atoms with Crippen molar-refractivity contribution in [1.82, 2.24) is 5.32 Å². The maximum atomic E-state index is 10.7. The molecule has 1 amide bonds. The fourth-order valence-electron chi connectivity index (χ4n) is 0.590. The molecular weight excluding hydrogens is 130 g/mol. The lowest BCUT2D eigenvalue weighted by Gasteiger charge is -1.98. The van der Waals surface area contributed by atoms with Crippen molar-refractivity contribution < 1.29 is 9.59 Å². The highest BCUT2D eigenvalue weighted by Gasteiger charge is 1.99. The molecule has 0 radical (unpaired) electrons. The molecule has 0 bridgehead atoms. The van der Waals surface area contributed by atoms with E-state index in [1.165, 1.54) is 6.92 Å². The van der Waals surface area contributed by atoms with E-state index in [0.717, 1.165) is 6.42 Å². The molecule has 0 heterocycles. The number of hydrogen-bond acceptors (Lipinski definition) is 2. The summed E-state index contributed by atoms with van der Waals surface area (Å²) in [4.78, 5) is 21.0. The van der Waals surface area contributed by atoms with Crippen LogP contribution >= 0.6 is 0 Å². The van der Waals surface area contributed by atoms with Gasteiger partial charge in [-0.05, 0) is 6.42 Å². The van der Waals surface area contributed by atoms with Gasteiger partial charge in [-0.2, -0.15) is 0 Å². The van der Waals surface area contributed by atoms with Crippen molar-refractivity contribution in [2.45, 2.75) is 26.7 Å². The van der Waals surface area contributed by atoms with Crippen molar-refractivity contribution in [2.24, 2.45) is 0 Å². The third-order valence-electron chi connectivity index (χ3n) is 1.06. The zero-order valence-corrected chi connectivity index (χ0v) is 6.44. The van der Waals surface area contributed by atoms with E-state index in [4.69, 9.17) is 0 Å². The lowest BCUT2D eigenvalue weighted by Crippen LogP contribution is -2.26. The van der Waals surface area contributed by atoms with Crippen LogP contribution in [0.4, 0.5) is 0 Å². The Labute approximate surface area is 60.8 Å². The van der Waals surface area contributed by atoms with Crippen LogP contribution < -0.4 is 5.32 Å². The summed E-state index contributed by atoms with van der Waals surface area (Å²) >= 11 is 0. The van der Waals surface area contributed by atoms with Gasteiger partial charge in [-0.25, -0.2) is 0 Å². The van der Waals surface area contributed by atoms with Gasteiger partial charge in [-0.3, -0.25) is 9.59 Å². The second kappa shape index (κ2) is 4.97. The number of hydrogen-bond donors (Lipinski definition) is 1. The van der Waals surface area contributed by atoms with Gasteiger partial charge in [-0.15, -0.1) is 0 Å². The number of carbonyl (C=O) groups excluding carboxylic acids is 2. The third-order valence-corrected chi connectivity index (χ3v) is 1.06. The first-order valence-corrected chi connectivity index (χ1v) is 3.43. The van der Waals surface area contributed by atoms with Gasteiger partial charge in [0, 0.05) is 13.3 Å². The molecule has 3 nitrogen and oxygen atoms in total. The van der Waals surface area contributed by atoms with Crippen molar-refractivity contribution in [1.29, 1.82) is 0 Å². The molecule has 0 fully saturated rings. The summed E-state index contributed by atoms with van der Waals surface area (Å²) in [5, 5.41) is 2.44. The van der Waals surface area contributed by atoms with Crippen LogP contribution in [0.25, 0.3) is 0 Å². The standard InChI is InChI=1S/C7H13NO2/c1-3-4-7(10)5-8-6(2)9/h3-5H2,1-2H3,(H,8,9). The minimum atomic E-state index is -0.149. The first-order chi connectivity index (χ1) is 4.66. The summed E-state index contributed by atoms with van der Waals surface area (Å²) < 4.78 is 0.